The van der Waals surface area contributed by atoms with Crippen LogP contribution >= 0.6 is 0 Å². The molecule has 0 unspecified atom stereocenters. The molecule has 0 nitrogen and oxygen atoms in total. The van der Waals surface area contributed by atoms with Gasteiger partial charge in [0, 0.05) is 0 Å². The van der Waals surface area contributed by atoms with Gasteiger partial charge in [0.1, 0.15) is 0 Å². The van der Waals surface area contributed by atoms with Gasteiger partial charge in [0.15, 0.2) is 0 Å². The van der Waals surface area contributed by atoms with Crippen molar-refractivity contribution in [3.63, 3.8) is 0 Å². The lowest BCUT2D eigenvalue weighted by atomic mass is 10.2. The molecule has 0 aliphatic heterocycles. The maximum absolute atomic E-state index is 3.36. The van der Waals surface area contributed by atoms with E-state index in [0.717, 1.165) is 17.8 Å². The average Bonchev–Trinajstić information content (AvgIpc) is 3.33. The number of allylic oxidation sites excluding steroid dienone is 1. The van der Waals surface area contributed by atoms with E-state index in [1.54, 1.807) is 6.08 Å². The van der Waals surface area contributed by atoms with Crippen LogP contribution in [0, 0.1) is 73.1 Å². The molecule has 0 amide bonds. The van der Waals surface area contributed by atoms with E-state index >= 15 is 0 Å². The molecule has 0 fully saturated rings. The molecule has 8 aromatic carbocycles. The van der Waals surface area contributed by atoms with E-state index in [-0.39, 0.29) is 0 Å². The predicted octanol–water partition coefficient (Wildman–Crippen LogP) is 22.1. The van der Waals surface area contributed by atoms with Crippen LogP contribution in [0.5, 0.6) is 0 Å². The zero-order chi connectivity index (χ0) is 54.3. The van der Waals surface area contributed by atoms with Crippen LogP contribution in [0.3, 0.4) is 0 Å². The van der Waals surface area contributed by atoms with Crippen molar-refractivity contribution in [1.82, 2.24) is 0 Å². The monoisotopic (exact) mass is 953 g/mol. The second kappa shape index (κ2) is 54.4. The van der Waals surface area contributed by atoms with Gasteiger partial charge < -0.3 is 0 Å². The van der Waals surface area contributed by atoms with Crippen LogP contribution in [-0.4, -0.2) is 0 Å². The molecule has 0 saturated heterocycles. The number of hydrogen-bond donors (Lipinski definition) is 0. The molecule has 0 aliphatic carbocycles. The molecule has 0 heterocycles. The highest BCUT2D eigenvalue weighted by molar-refractivity contribution is 5.20. The molecule has 0 aliphatic rings. The molecule has 0 heteroatoms. The third-order valence-electron chi connectivity index (χ3n) is 7.53. The number of aryl methyl sites for hydroxylation is 8. The summed E-state index contributed by atoms with van der Waals surface area (Å²) in [5.74, 6) is 2.50. The van der Waals surface area contributed by atoms with Gasteiger partial charge >= 0.3 is 0 Å². The Hall–Kier alpha value is -6.50. The van der Waals surface area contributed by atoms with Crippen molar-refractivity contribution in [2.24, 2.45) is 17.8 Å². The second-order valence-electron chi connectivity index (χ2n) is 18.8. The zero-order valence-corrected chi connectivity index (χ0v) is 48.1. The minimum Gasteiger partial charge on any atom is -0.103 e. The van der Waals surface area contributed by atoms with Gasteiger partial charge in [0.25, 0.3) is 0 Å². The van der Waals surface area contributed by atoms with Gasteiger partial charge in [-0.15, -0.1) is 6.58 Å². The highest BCUT2D eigenvalue weighted by Crippen LogP contribution is 2.00. The number of hydrogen-bond acceptors (Lipinski definition) is 0. The Morgan fingerprint density at radius 1 is 0.211 bits per heavy atom. The summed E-state index contributed by atoms with van der Waals surface area (Å²) in [7, 11) is 0. The average molecular weight is 954 g/mol. The first kappa shape index (κ1) is 71.1. The lowest BCUT2D eigenvalue weighted by Crippen LogP contribution is -1.70. The van der Waals surface area contributed by atoms with E-state index in [2.05, 4.69) is 221 Å². The van der Waals surface area contributed by atoms with Crippen molar-refractivity contribution in [2.75, 3.05) is 0 Å². The smallest absolute Gasteiger partial charge is 0.0398 e. The van der Waals surface area contributed by atoms with Crippen LogP contribution in [0.4, 0.5) is 0 Å². The first-order chi connectivity index (χ1) is 33.8. The zero-order valence-electron chi connectivity index (χ0n) is 48.1. The molecule has 71 heavy (non-hydrogen) atoms. The first-order valence-corrected chi connectivity index (χ1v) is 25.5. The SMILES string of the molecule is C=CC.CC(C)C.CC(C)C.CC(C)C.Cc1ccc(C)cc1.Cc1ccccc1.Cc1ccccc1.Cc1ccccc1.Cc1ccccc1.Cc1ccccc1.Cc1ccccc1.c1ccccc1. The Kier molecular flexibility index (Phi) is 54.5. The molecular weight excluding hydrogens is 853 g/mol. The maximum atomic E-state index is 3.36. The molecule has 384 valence electrons. The molecule has 8 rings (SSSR count). The topological polar surface area (TPSA) is 0 Å². The standard InChI is InChI=1S/C8H10.6C7H8.C6H6.3C4H10.C3H6/c1-7-3-5-8(2)6-4-7;6*1-7-5-3-2-4-6-7;1-2-4-6-5-3-1;3*1-4(2)3;1-3-2/h3-6H,1-2H3;6*2-6H,1H3;1-6H;3*4H,1-3H3;3H,1H2,2H3. The Morgan fingerprint density at radius 2 is 0.282 bits per heavy atom. The van der Waals surface area contributed by atoms with Gasteiger partial charge in [0.05, 0.1) is 0 Å². The highest BCUT2D eigenvalue weighted by atomic mass is 13.9. The van der Waals surface area contributed by atoms with Crippen LogP contribution in [0.2, 0.25) is 0 Å². The third-order valence-corrected chi connectivity index (χ3v) is 7.53. The fourth-order valence-corrected chi connectivity index (χ4v) is 4.23. The minimum absolute atomic E-state index is 0.833. The van der Waals surface area contributed by atoms with Gasteiger partial charge in [-0.05, 0) is 80.1 Å². The van der Waals surface area contributed by atoms with Gasteiger partial charge in [-0.25, -0.2) is 0 Å². The summed E-state index contributed by atoms with van der Waals surface area (Å²) in [4.78, 5) is 0. The van der Waals surface area contributed by atoms with Crippen molar-refractivity contribution in [3.8, 4) is 0 Å². The van der Waals surface area contributed by atoms with E-state index < -0.39 is 0 Å². The predicted molar refractivity (Wildman–Crippen MR) is 327 cm³/mol. The van der Waals surface area contributed by atoms with E-state index in [1.165, 1.54) is 44.5 Å². The summed E-state index contributed by atoms with van der Waals surface area (Å²) in [5, 5.41) is 0. The van der Waals surface area contributed by atoms with Crippen LogP contribution in [0.15, 0.2) is 255 Å². The summed E-state index contributed by atoms with van der Waals surface area (Å²) in [6.07, 6.45) is 1.75. The molecule has 0 atom stereocenters. The fourth-order valence-electron chi connectivity index (χ4n) is 4.23. The summed E-state index contributed by atoms with van der Waals surface area (Å²) in [6, 6.07) is 82.1. The number of rotatable bonds is 0. The first-order valence-electron chi connectivity index (χ1n) is 25.5. The van der Waals surface area contributed by atoms with Crippen LogP contribution in [-0.2, 0) is 0 Å². The Morgan fingerprint density at radius 3 is 0.352 bits per heavy atom. The quantitative estimate of drug-likeness (QED) is 0.133. The summed E-state index contributed by atoms with van der Waals surface area (Å²) >= 11 is 0. The van der Waals surface area contributed by atoms with Crippen LogP contribution in [0.1, 0.15) is 114 Å². The number of benzene rings is 8. The molecule has 8 aromatic rings. The van der Waals surface area contributed by atoms with Gasteiger partial charge in [-0.1, -0.05) is 356 Å². The lowest BCUT2D eigenvalue weighted by Gasteiger charge is -1.90. The maximum Gasteiger partial charge on any atom is -0.0398 e. The Balaban J connectivity index is -0.000000348. The Labute approximate surface area is 440 Å². The van der Waals surface area contributed by atoms with Crippen molar-refractivity contribution < 1.29 is 0 Å². The Bertz CT molecular complexity index is 1780. The van der Waals surface area contributed by atoms with Crippen molar-refractivity contribution in [3.05, 3.63) is 300 Å². The molecule has 0 radical (unpaired) electrons. The fraction of sp³-hybridized carbons (Fsp3) is 0.296. The van der Waals surface area contributed by atoms with E-state index in [9.17, 15) is 0 Å². The normalized spacial score (nSPS) is 8.58. The minimum atomic E-state index is 0.833. The summed E-state index contributed by atoms with van der Waals surface area (Å²) < 4.78 is 0. The largest absolute Gasteiger partial charge is 0.103 e. The van der Waals surface area contributed by atoms with Crippen molar-refractivity contribution in [1.29, 1.82) is 0 Å². The van der Waals surface area contributed by atoms with Gasteiger partial charge in [-0.3, -0.25) is 0 Å². The van der Waals surface area contributed by atoms with Gasteiger partial charge in [-0.2, -0.15) is 0 Å². The highest BCUT2D eigenvalue weighted by Gasteiger charge is 1.80. The molecule has 0 N–H and O–H groups in total. The van der Waals surface area contributed by atoms with Crippen LogP contribution in [0.25, 0.3) is 0 Å². The molecular formula is C71H100. The molecule has 0 saturated carbocycles. The van der Waals surface area contributed by atoms with E-state index in [4.69, 9.17) is 0 Å². The van der Waals surface area contributed by atoms with E-state index in [0.29, 0.717) is 0 Å². The van der Waals surface area contributed by atoms with Crippen molar-refractivity contribution >= 4 is 0 Å². The van der Waals surface area contributed by atoms with E-state index in [1.807, 2.05) is 153 Å². The second-order valence-corrected chi connectivity index (χ2v) is 18.8. The van der Waals surface area contributed by atoms with Gasteiger partial charge in [0.2, 0.25) is 0 Å². The summed E-state index contributed by atoms with van der Waals surface area (Å²) in [5.41, 5.74) is 10.6. The molecule has 0 aromatic heterocycles. The molecule has 0 spiro atoms. The lowest BCUT2D eigenvalue weighted by molar-refractivity contribution is 0.736. The summed E-state index contributed by atoms with van der Waals surface area (Å²) in [6.45, 7) is 41.4. The van der Waals surface area contributed by atoms with Crippen LogP contribution < -0.4 is 0 Å². The third kappa shape index (κ3) is 72.6. The molecule has 0 bridgehead atoms. The van der Waals surface area contributed by atoms with Crippen molar-refractivity contribution in [2.45, 2.75) is 125 Å².